The van der Waals surface area contributed by atoms with Crippen LogP contribution >= 0.6 is 0 Å². The lowest BCUT2D eigenvalue weighted by Gasteiger charge is -2.36. The molecule has 0 bridgehead atoms. The Labute approximate surface area is 122 Å². The quantitative estimate of drug-likeness (QED) is 0.856. The first-order valence-electron chi connectivity index (χ1n) is 7.41. The van der Waals surface area contributed by atoms with E-state index in [2.05, 4.69) is 29.3 Å². The average Bonchev–Trinajstić information content (AvgIpc) is 2.52. The molecule has 0 aromatic heterocycles. The minimum absolute atomic E-state index is 0.250. The zero-order chi connectivity index (χ0) is 14.4. The molecule has 0 saturated carbocycles. The third-order valence-electron chi connectivity index (χ3n) is 4.03. The fourth-order valence-corrected chi connectivity index (χ4v) is 2.74. The standard InChI is InChI=1S/C16H26N2O2/c1-4-18-8-9-20-16(12-18)15(17-2)11-13-6-5-7-14(10-13)19-3/h5-7,10,15-17H,4,8-9,11-12H2,1-3H3. The van der Waals surface area contributed by atoms with Gasteiger partial charge in [-0.25, -0.2) is 0 Å². The van der Waals surface area contributed by atoms with Gasteiger partial charge in [0.25, 0.3) is 0 Å². The Morgan fingerprint density at radius 3 is 3.05 bits per heavy atom. The number of methoxy groups -OCH3 is 1. The van der Waals surface area contributed by atoms with E-state index in [0.717, 1.165) is 38.4 Å². The van der Waals surface area contributed by atoms with Gasteiger partial charge in [-0.15, -0.1) is 0 Å². The van der Waals surface area contributed by atoms with Crippen molar-refractivity contribution in [3.05, 3.63) is 29.8 Å². The van der Waals surface area contributed by atoms with Crippen LogP contribution in [0.3, 0.4) is 0 Å². The molecule has 1 fully saturated rings. The molecule has 4 heteroatoms. The summed E-state index contributed by atoms with van der Waals surface area (Å²) in [6.45, 7) is 6.18. The van der Waals surface area contributed by atoms with Crippen molar-refractivity contribution < 1.29 is 9.47 Å². The van der Waals surface area contributed by atoms with E-state index >= 15 is 0 Å². The maximum atomic E-state index is 5.96. The molecule has 2 atom stereocenters. The van der Waals surface area contributed by atoms with Gasteiger partial charge in [-0.1, -0.05) is 19.1 Å². The first-order chi connectivity index (χ1) is 9.76. The predicted molar refractivity (Wildman–Crippen MR) is 81.4 cm³/mol. The molecule has 1 saturated heterocycles. The number of nitrogens with zero attached hydrogens (tertiary/aromatic N) is 1. The Bertz CT molecular complexity index is 411. The van der Waals surface area contributed by atoms with Gasteiger partial charge in [0.15, 0.2) is 0 Å². The van der Waals surface area contributed by atoms with Gasteiger partial charge in [0.1, 0.15) is 5.75 Å². The zero-order valence-corrected chi connectivity index (χ0v) is 12.8. The summed E-state index contributed by atoms with van der Waals surface area (Å²) in [5, 5.41) is 3.41. The molecule has 2 unspecified atom stereocenters. The van der Waals surface area contributed by atoms with Crippen LogP contribution in [0.2, 0.25) is 0 Å². The van der Waals surface area contributed by atoms with Crippen LogP contribution in [0.5, 0.6) is 5.75 Å². The van der Waals surface area contributed by atoms with Crippen LogP contribution in [0, 0.1) is 0 Å². The van der Waals surface area contributed by atoms with Crippen molar-refractivity contribution in [1.82, 2.24) is 10.2 Å². The van der Waals surface area contributed by atoms with Crippen molar-refractivity contribution in [3.8, 4) is 5.75 Å². The van der Waals surface area contributed by atoms with Crippen LogP contribution in [0.4, 0.5) is 0 Å². The second-order valence-electron chi connectivity index (χ2n) is 5.25. The van der Waals surface area contributed by atoms with Crippen molar-refractivity contribution in [1.29, 1.82) is 0 Å². The molecule has 0 aliphatic carbocycles. The molecule has 1 aromatic carbocycles. The number of morpholine rings is 1. The van der Waals surface area contributed by atoms with E-state index < -0.39 is 0 Å². The first-order valence-corrected chi connectivity index (χ1v) is 7.41. The highest BCUT2D eigenvalue weighted by Gasteiger charge is 2.26. The lowest BCUT2D eigenvalue weighted by Crippen LogP contribution is -2.52. The lowest BCUT2D eigenvalue weighted by atomic mass is 10.00. The van der Waals surface area contributed by atoms with Gasteiger partial charge in [-0.2, -0.15) is 0 Å². The fraction of sp³-hybridized carbons (Fsp3) is 0.625. The molecule has 1 aliphatic rings. The number of benzene rings is 1. The van der Waals surface area contributed by atoms with Crippen molar-refractivity contribution in [3.63, 3.8) is 0 Å². The summed E-state index contributed by atoms with van der Waals surface area (Å²) >= 11 is 0. The van der Waals surface area contributed by atoms with Crippen LogP contribution in [0.1, 0.15) is 12.5 Å². The molecule has 1 N–H and O–H groups in total. The summed E-state index contributed by atoms with van der Waals surface area (Å²) in [5.74, 6) is 0.914. The molecule has 0 spiro atoms. The summed E-state index contributed by atoms with van der Waals surface area (Å²) < 4.78 is 11.2. The van der Waals surface area contributed by atoms with E-state index in [4.69, 9.17) is 9.47 Å². The molecule has 4 nitrogen and oxygen atoms in total. The first kappa shape index (κ1) is 15.3. The van der Waals surface area contributed by atoms with Crippen LogP contribution in [-0.2, 0) is 11.2 Å². The topological polar surface area (TPSA) is 33.7 Å². The normalized spacial score (nSPS) is 21.6. The molecular formula is C16H26N2O2. The summed E-state index contributed by atoms with van der Waals surface area (Å²) in [7, 11) is 3.72. The molecule has 112 valence electrons. The Balaban J connectivity index is 2.00. The van der Waals surface area contributed by atoms with E-state index in [1.54, 1.807) is 7.11 Å². The van der Waals surface area contributed by atoms with Gasteiger partial charge in [0.05, 0.1) is 19.8 Å². The van der Waals surface area contributed by atoms with Gasteiger partial charge >= 0.3 is 0 Å². The largest absolute Gasteiger partial charge is 0.497 e. The monoisotopic (exact) mass is 278 g/mol. The molecule has 1 aromatic rings. The number of ether oxygens (including phenoxy) is 2. The molecule has 0 radical (unpaired) electrons. The molecule has 1 aliphatic heterocycles. The van der Waals surface area contributed by atoms with Gasteiger partial charge in [0, 0.05) is 19.1 Å². The number of hydrogen-bond acceptors (Lipinski definition) is 4. The van der Waals surface area contributed by atoms with Crippen molar-refractivity contribution in [2.24, 2.45) is 0 Å². The third kappa shape index (κ3) is 3.95. The molecule has 2 rings (SSSR count). The Kier molecular flexibility index (Phi) is 5.83. The van der Waals surface area contributed by atoms with Crippen molar-refractivity contribution in [2.75, 3.05) is 40.4 Å². The van der Waals surface area contributed by atoms with E-state index in [1.165, 1.54) is 5.56 Å². The lowest BCUT2D eigenvalue weighted by molar-refractivity contribution is -0.0436. The Hall–Kier alpha value is -1.10. The molecular weight excluding hydrogens is 252 g/mol. The van der Waals surface area contributed by atoms with E-state index in [9.17, 15) is 0 Å². The minimum atomic E-state index is 0.250. The second kappa shape index (κ2) is 7.62. The van der Waals surface area contributed by atoms with Crippen molar-refractivity contribution in [2.45, 2.75) is 25.5 Å². The van der Waals surface area contributed by atoms with Crippen molar-refractivity contribution >= 4 is 0 Å². The zero-order valence-electron chi connectivity index (χ0n) is 12.8. The van der Waals surface area contributed by atoms with Crippen LogP contribution < -0.4 is 10.1 Å². The highest BCUT2D eigenvalue weighted by atomic mass is 16.5. The third-order valence-corrected chi connectivity index (χ3v) is 4.03. The highest BCUT2D eigenvalue weighted by Crippen LogP contribution is 2.17. The summed E-state index contributed by atoms with van der Waals surface area (Å²) in [6, 6.07) is 8.60. The summed E-state index contributed by atoms with van der Waals surface area (Å²) in [4.78, 5) is 2.45. The molecule has 1 heterocycles. The maximum Gasteiger partial charge on any atom is 0.119 e. The van der Waals surface area contributed by atoms with Gasteiger partial charge in [-0.05, 0) is 37.7 Å². The van der Waals surface area contributed by atoms with Gasteiger partial charge < -0.3 is 14.8 Å². The number of nitrogens with one attached hydrogen (secondary N) is 1. The number of likely N-dealkylation sites (N-methyl/N-ethyl adjacent to an activating group) is 2. The van der Waals surface area contributed by atoms with Crippen LogP contribution in [0.15, 0.2) is 24.3 Å². The Morgan fingerprint density at radius 2 is 2.35 bits per heavy atom. The molecule has 0 amide bonds. The fourth-order valence-electron chi connectivity index (χ4n) is 2.74. The SMILES string of the molecule is CCN1CCOC(C(Cc2cccc(OC)c2)NC)C1. The predicted octanol–water partition coefficient (Wildman–Crippen LogP) is 1.55. The Morgan fingerprint density at radius 1 is 1.50 bits per heavy atom. The van der Waals surface area contributed by atoms with E-state index in [1.807, 2.05) is 19.2 Å². The van der Waals surface area contributed by atoms with Gasteiger partial charge in [0.2, 0.25) is 0 Å². The number of rotatable bonds is 6. The number of hydrogen-bond donors (Lipinski definition) is 1. The van der Waals surface area contributed by atoms with E-state index in [-0.39, 0.29) is 6.10 Å². The highest BCUT2D eigenvalue weighted by molar-refractivity contribution is 5.29. The van der Waals surface area contributed by atoms with Crippen LogP contribution in [-0.4, -0.2) is 57.4 Å². The average molecular weight is 278 g/mol. The summed E-state index contributed by atoms with van der Waals surface area (Å²) in [5.41, 5.74) is 1.28. The van der Waals surface area contributed by atoms with Gasteiger partial charge in [-0.3, -0.25) is 4.90 Å². The summed E-state index contributed by atoms with van der Waals surface area (Å²) in [6.07, 6.45) is 1.20. The smallest absolute Gasteiger partial charge is 0.119 e. The minimum Gasteiger partial charge on any atom is -0.497 e. The second-order valence-corrected chi connectivity index (χ2v) is 5.25. The van der Waals surface area contributed by atoms with Crippen LogP contribution in [0.25, 0.3) is 0 Å². The maximum absolute atomic E-state index is 5.96. The van der Waals surface area contributed by atoms with E-state index in [0.29, 0.717) is 6.04 Å². The molecule has 20 heavy (non-hydrogen) atoms.